The van der Waals surface area contributed by atoms with Crippen molar-refractivity contribution in [2.75, 3.05) is 5.32 Å². The Morgan fingerprint density at radius 2 is 2.19 bits per heavy atom. The molecular weight excluding hydrogens is 248 g/mol. The largest absolute Gasteiger partial charge is 0.446 e. The van der Waals surface area contributed by atoms with Gasteiger partial charge in [-0.05, 0) is 23.6 Å². The minimum absolute atomic E-state index is 0.213. The zero-order valence-corrected chi connectivity index (χ0v) is 9.85. The van der Waals surface area contributed by atoms with E-state index in [0.29, 0.717) is 12.3 Å². The van der Waals surface area contributed by atoms with Crippen molar-refractivity contribution in [1.82, 2.24) is 0 Å². The Labute approximate surface area is 96.9 Å². The van der Waals surface area contributed by atoms with Crippen LogP contribution in [0.1, 0.15) is 5.76 Å². The quantitative estimate of drug-likeness (QED) is 0.872. The van der Waals surface area contributed by atoms with E-state index in [1.165, 1.54) is 6.07 Å². The summed E-state index contributed by atoms with van der Waals surface area (Å²) in [4.78, 5) is 0. The topological polar surface area (TPSA) is 85.3 Å². The van der Waals surface area contributed by atoms with E-state index in [9.17, 15) is 8.42 Å². The van der Waals surface area contributed by atoms with Crippen molar-refractivity contribution in [3.05, 3.63) is 34.7 Å². The van der Waals surface area contributed by atoms with Gasteiger partial charge in [0.2, 0.25) is 5.09 Å². The maximum absolute atomic E-state index is 10.9. The van der Waals surface area contributed by atoms with Crippen molar-refractivity contribution in [3.63, 3.8) is 0 Å². The van der Waals surface area contributed by atoms with Crippen LogP contribution in [0.2, 0.25) is 0 Å². The van der Waals surface area contributed by atoms with E-state index in [4.69, 9.17) is 9.56 Å². The van der Waals surface area contributed by atoms with Crippen LogP contribution in [-0.4, -0.2) is 8.42 Å². The fourth-order valence-corrected chi connectivity index (χ4v) is 2.25. The van der Waals surface area contributed by atoms with Gasteiger partial charge in [-0.1, -0.05) is 0 Å². The molecule has 0 spiro atoms. The number of thiophene rings is 1. The second-order valence-corrected chi connectivity index (χ2v) is 5.40. The van der Waals surface area contributed by atoms with E-state index >= 15 is 0 Å². The Morgan fingerprint density at radius 1 is 1.38 bits per heavy atom. The Morgan fingerprint density at radius 3 is 2.75 bits per heavy atom. The molecule has 0 saturated carbocycles. The second-order valence-electron chi connectivity index (χ2n) is 3.13. The van der Waals surface area contributed by atoms with Gasteiger partial charge >= 0.3 is 0 Å². The third-order valence-corrected chi connectivity index (χ3v) is 3.37. The first-order valence-corrected chi connectivity index (χ1v) is 6.92. The highest BCUT2D eigenvalue weighted by Gasteiger charge is 2.12. The summed E-state index contributed by atoms with van der Waals surface area (Å²) in [5, 5.41) is 11.7. The van der Waals surface area contributed by atoms with Gasteiger partial charge in [-0.25, -0.2) is 13.6 Å². The number of primary sulfonamides is 1. The highest BCUT2D eigenvalue weighted by molar-refractivity contribution is 7.89. The molecule has 5 nitrogen and oxygen atoms in total. The van der Waals surface area contributed by atoms with Gasteiger partial charge in [0.1, 0.15) is 5.76 Å². The molecule has 0 aliphatic rings. The van der Waals surface area contributed by atoms with E-state index in [2.05, 4.69) is 5.32 Å². The van der Waals surface area contributed by atoms with Crippen molar-refractivity contribution in [3.8, 4) is 0 Å². The highest BCUT2D eigenvalue weighted by Crippen LogP contribution is 2.16. The van der Waals surface area contributed by atoms with Crippen LogP contribution in [0, 0.1) is 0 Å². The average molecular weight is 258 g/mol. The predicted octanol–water partition coefficient (Wildman–Crippen LogP) is 1.60. The van der Waals surface area contributed by atoms with Gasteiger partial charge in [0, 0.05) is 11.1 Å². The van der Waals surface area contributed by atoms with Gasteiger partial charge in [0.25, 0.3) is 10.0 Å². The molecule has 3 N–H and O–H groups in total. The van der Waals surface area contributed by atoms with Crippen molar-refractivity contribution >= 4 is 27.0 Å². The molecule has 0 unspecified atom stereocenters. The summed E-state index contributed by atoms with van der Waals surface area (Å²) in [5.74, 6) is 0.523. The van der Waals surface area contributed by atoms with E-state index < -0.39 is 10.0 Å². The summed E-state index contributed by atoms with van der Waals surface area (Å²) in [6.07, 6.45) is 0. The van der Waals surface area contributed by atoms with Crippen LogP contribution in [0.3, 0.4) is 0 Å². The summed E-state index contributed by atoms with van der Waals surface area (Å²) >= 11 is 1.58. The first-order chi connectivity index (χ1) is 7.55. The van der Waals surface area contributed by atoms with Crippen LogP contribution in [0.5, 0.6) is 0 Å². The molecule has 0 aliphatic heterocycles. The number of hydrogen-bond acceptors (Lipinski definition) is 5. The lowest BCUT2D eigenvalue weighted by Crippen LogP contribution is -2.10. The monoisotopic (exact) mass is 258 g/mol. The van der Waals surface area contributed by atoms with Crippen LogP contribution in [-0.2, 0) is 16.6 Å². The maximum atomic E-state index is 10.9. The number of furan rings is 1. The van der Waals surface area contributed by atoms with E-state index in [0.717, 1.165) is 5.69 Å². The number of anilines is 1. The number of nitrogens with one attached hydrogen (secondary N) is 1. The summed E-state index contributed by atoms with van der Waals surface area (Å²) < 4.78 is 27.0. The second kappa shape index (κ2) is 4.28. The predicted molar refractivity (Wildman–Crippen MR) is 61.7 cm³/mol. The van der Waals surface area contributed by atoms with Crippen LogP contribution >= 0.6 is 11.3 Å². The Bertz CT molecular complexity index is 557. The zero-order chi connectivity index (χ0) is 11.6. The molecular formula is C9H10N2O3S2. The zero-order valence-electron chi connectivity index (χ0n) is 8.21. The van der Waals surface area contributed by atoms with Gasteiger partial charge < -0.3 is 9.73 Å². The van der Waals surface area contributed by atoms with Crippen molar-refractivity contribution in [1.29, 1.82) is 0 Å². The number of rotatable bonds is 4. The van der Waals surface area contributed by atoms with Gasteiger partial charge in [0.05, 0.1) is 6.54 Å². The van der Waals surface area contributed by atoms with Gasteiger partial charge in [-0.15, -0.1) is 0 Å². The van der Waals surface area contributed by atoms with Crippen molar-refractivity contribution < 1.29 is 12.8 Å². The third kappa shape index (κ3) is 2.63. The SMILES string of the molecule is NS(=O)(=O)c1ccc(CNc2ccsc2)o1. The summed E-state index contributed by atoms with van der Waals surface area (Å²) in [6.45, 7) is 0.423. The molecule has 0 aliphatic carbocycles. The molecule has 7 heteroatoms. The molecule has 0 radical (unpaired) electrons. The van der Waals surface area contributed by atoms with Crippen LogP contribution in [0.15, 0.2) is 38.5 Å². The maximum Gasteiger partial charge on any atom is 0.271 e. The molecule has 0 amide bonds. The normalized spacial score (nSPS) is 11.6. The van der Waals surface area contributed by atoms with E-state index in [-0.39, 0.29) is 5.09 Å². The van der Waals surface area contributed by atoms with Crippen LogP contribution in [0.25, 0.3) is 0 Å². The van der Waals surface area contributed by atoms with Gasteiger partial charge in [-0.3, -0.25) is 0 Å². The molecule has 2 heterocycles. The average Bonchev–Trinajstić information content (AvgIpc) is 2.85. The molecule has 2 rings (SSSR count). The minimum atomic E-state index is -3.75. The van der Waals surface area contributed by atoms with E-state index in [1.54, 1.807) is 17.4 Å². The Hall–Kier alpha value is -1.31. The first-order valence-electron chi connectivity index (χ1n) is 4.43. The number of hydrogen-bond donors (Lipinski definition) is 2. The molecule has 0 bridgehead atoms. The molecule has 0 fully saturated rings. The lowest BCUT2D eigenvalue weighted by molar-refractivity contribution is 0.419. The highest BCUT2D eigenvalue weighted by atomic mass is 32.2. The van der Waals surface area contributed by atoms with Crippen LogP contribution in [0.4, 0.5) is 5.69 Å². The van der Waals surface area contributed by atoms with E-state index in [1.807, 2.05) is 16.8 Å². The molecule has 0 atom stereocenters. The first kappa shape index (κ1) is 11.2. The van der Waals surface area contributed by atoms with Crippen LogP contribution < -0.4 is 10.5 Å². The molecule has 16 heavy (non-hydrogen) atoms. The molecule has 86 valence electrons. The summed E-state index contributed by atoms with van der Waals surface area (Å²) in [7, 11) is -3.75. The number of sulfonamides is 1. The molecule has 2 aromatic heterocycles. The lowest BCUT2D eigenvalue weighted by Gasteiger charge is -1.99. The standard InChI is InChI=1S/C9H10N2O3S2/c10-16(12,13)9-2-1-8(14-9)5-11-7-3-4-15-6-7/h1-4,6,11H,5H2,(H2,10,12,13). The molecule has 0 aromatic carbocycles. The fraction of sp³-hybridized carbons (Fsp3) is 0.111. The smallest absolute Gasteiger partial charge is 0.271 e. The summed E-state index contributed by atoms with van der Waals surface area (Å²) in [5.41, 5.74) is 0.971. The van der Waals surface area contributed by atoms with Crippen molar-refractivity contribution in [2.45, 2.75) is 11.6 Å². The van der Waals surface area contributed by atoms with Gasteiger partial charge in [0.15, 0.2) is 0 Å². The Kier molecular flexibility index (Phi) is 2.99. The lowest BCUT2D eigenvalue weighted by atomic mass is 10.4. The fourth-order valence-electron chi connectivity index (χ4n) is 1.16. The van der Waals surface area contributed by atoms with Crippen molar-refractivity contribution in [2.24, 2.45) is 5.14 Å². The van der Waals surface area contributed by atoms with Gasteiger partial charge in [-0.2, -0.15) is 11.3 Å². The number of nitrogens with two attached hydrogens (primary N) is 1. The molecule has 0 saturated heterocycles. The molecule has 2 aromatic rings. The third-order valence-electron chi connectivity index (χ3n) is 1.91. The Balaban J connectivity index is 2.04. The summed E-state index contributed by atoms with van der Waals surface area (Å²) in [6, 6.07) is 4.85. The minimum Gasteiger partial charge on any atom is -0.446 e.